The van der Waals surface area contributed by atoms with Crippen molar-refractivity contribution >= 4 is 63.4 Å². The van der Waals surface area contributed by atoms with Gasteiger partial charge in [-0.1, -0.05) is 78.9 Å². The van der Waals surface area contributed by atoms with Crippen LogP contribution >= 0.6 is 23.1 Å². The molecular weight excluding hydrogens is 703 g/mol. The standard InChI is InChI=1S/C42H37N5O4S2/c1-47(2)33-22-20-28(21-23-33)24-36(44-39(48)30-14-8-5-9-15-30)40(49)43-32-17-11-19-35(26-32)53-38(29-12-6-4-7-13-29)41(50)46-42-45-37(27-52-42)31-16-10-18-34(25-31)51-3/h4-27,38H,1-3H3,(H,43,49)(H,44,48)(H,45,46,50)/b36-24+. The van der Waals surface area contributed by atoms with Gasteiger partial charge in [-0.3, -0.25) is 14.4 Å². The number of thioether (sulfide) groups is 1. The van der Waals surface area contributed by atoms with Crippen molar-refractivity contribution in [1.82, 2.24) is 10.3 Å². The lowest BCUT2D eigenvalue weighted by molar-refractivity contribution is -0.116. The lowest BCUT2D eigenvalue weighted by Crippen LogP contribution is -2.30. The summed E-state index contributed by atoms with van der Waals surface area (Å²) in [5, 5.41) is 10.5. The minimum Gasteiger partial charge on any atom is -0.497 e. The molecule has 3 amide bonds. The predicted molar refractivity (Wildman–Crippen MR) is 215 cm³/mol. The van der Waals surface area contributed by atoms with Gasteiger partial charge < -0.3 is 25.6 Å². The highest BCUT2D eigenvalue weighted by Crippen LogP contribution is 2.38. The smallest absolute Gasteiger partial charge is 0.272 e. The average Bonchev–Trinajstić information content (AvgIpc) is 3.66. The molecule has 53 heavy (non-hydrogen) atoms. The Morgan fingerprint density at radius 3 is 2.25 bits per heavy atom. The molecule has 9 nitrogen and oxygen atoms in total. The molecule has 11 heteroatoms. The summed E-state index contributed by atoms with van der Waals surface area (Å²) >= 11 is 2.69. The van der Waals surface area contributed by atoms with E-state index in [1.165, 1.54) is 23.1 Å². The summed E-state index contributed by atoms with van der Waals surface area (Å²) in [6.07, 6.45) is 1.64. The first-order valence-electron chi connectivity index (χ1n) is 16.6. The maximum atomic E-state index is 13.9. The molecule has 0 aliphatic heterocycles. The Hall–Kier alpha value is -6.17. The first-order valence-corrected chi connectivity index (χ1v) is 18.4. The van der Waals surface area contributed by atoms with E-state index in [0.717, 1.165) is 38.7 Å². The molecule has 0 radical (unpaired) electrons. The lowest BCUT2D eigenvalue weighted by atomic mass is 10.1. The summed E-state index contributed by atoms with van der Waals surface area (Å²) in [5.74, 6) is -0.426. The van der Waals surface area contributed by atoms with Gasteiger partial charge in [0.1, 0.15) is 16.7 Å². The second kappa shape index (κ2) is 17.4. The zero-order valence-corrected chi connectivity index (χ0v) is 30.9. The zero-order chi connectivity index (χ0) is 37.2. The molecule has 1 unspecified atom stereocenters. The largest absolute Gasteiger partial charge is 0.497 e. The minimum atomic E-state index is -0.628. The average molecular weight is 740 g/mol. The predicted octanol–water partition coefficient (Wildman–Crippen LogP) is 8.77. The molecule has 0 spiro atoms. The first kappa shape index (κ1) is 36.6. The summed E-state index contributed by atoms with van der Waals surface area (Å²) in [7, 11) is 5.51. The van der Waals surface area contributed by atoms with Gasteiger partial charge in [0.25, 0.3) is 11.8 Å². The van der Waals surface area contributed by atoms with Crippen LogP contribution < -0.4 is 25.6 Å². The van der Waals surface area contributed by atoms with Crippen LogP contribution in [0.25, 0.3) is 17.3 Å². The number of aromatic nitrogens is 1. The van der Waals surface area contributed by atoms with Crippen LogP contribution in [0.15, 0.2) is 149 Å². The number of rotatable bonds is 13. The van der Waals surface area contributed by atoms with Crippen molar-refractivity contribution < 1.29 is 19.1 Å². The number of nitrogens with zero attached hydrogens (tertiary/aromatic N) is 2. The zero-order valence-electron chi connectivity index (χ0n) is 29.3. The van der Waals surface area contributed by atoms with Crippen LogP contribution in [0.5, 0.6) is 5.75 Å². The molecule has 6 aromatic rings. The van der Waals surface area contributed by atoms with E-state index >= 15 is 0 Å². The van der Waals surface area contributed by atoms with Crippen LogP contribution in [0.3, 0.4) is 0 Å². The second-order valence-corrected chi connectivity index (χ2v) is 14.1. The molecule has 3 N–H and O–H groups in total. The lowest BCUT2D eigenvalue weighted by Gasteiger charge is -2.17. The molecule has 0 aliphatic carbocycles. The van der Waals surface area contributed by atoms with Gasteiger partial charge in [-0.25, -0.2) is 4.98 Å². The Kier molecular flexibility index (Phi) is 12.0. The summed E-state index contributed by atoms with van der Waals surface area (Å²) < 4.78 is 5.35. The Morgan fingerprint density at radius 2 is 1.53 bits per heavy atom. The van der Waals surface area contributed by atoms with Gasteiger partial charge in [0.2, 0.25) is 5.91 Å². The molecule has 0 aliphatic rings. The van der Waals surface area contributed by atoms with E-state index in [9.17, 15) is 14.4 Å². The van der Waals surface area contributed by atoms with E-state index in [4.69, 9.17) is 4.74 Å². The number of hydrogen-bond donors (Lipinski definition) is 3. The molecule has 6 rings (SSSR count). The Balaban J connectivity index is 1.21. The molecule has 1 aromatic heterocycles. The highest BCUT2D eigenvalue weighted by atomic mass is 32.2. The fourth-order valence-electron chi connectivity index (χ4n) is 5.28. The van der Waals surface area contributed by atoms with Crippen LogP contribution in [0.4, 0.5) is 16.5 Å². The van der Waals surface area contributed by atoms with Crippen molar-refractivity contribution in [2.75, 3.05) is 36.7 Å². The van der Waals surface area contributed by atoms with Crippen molar-refractivity contribution in [3.05, 3.63) is 161 Å². The van der Waals surface area contributed by atoms with Gasteiger partial charge in [-0.15, -0.1) is 23.1 Å². The molecule has 266 valence electrons. The number of thiazole rings is 1. The van der Waals surface area contributed by atoms with E-state index in [1.54, 1.807) is 49.6 Å². The monoisotopic (exact) mass is 739 g/mol. The number of amides is 3. The molecule has 0 saturated heterocycles. The normalized spacial score (nSPS) is 11.6. The van der Waals surface area contributed by atoms with Crippen LogP contribution in [-0.4, -0.2) is 43.9 Å². The van der Waals surface area contributed by atoms with E-state index in [-0.39, 0.29) is 11.6 Å². The molecule has 0 bridgehead atoms. The second-order valence-electron chi connectivity index (χ2n) is 12.0. The molecular formula is C42H37N5O4S2. The number of hydrogen-bond acceptors (Lipinski definition) is 8. The van der Waals surface area contributed by atoms with Crippen molar-refractivity contribution in [2.24, 2.45) is 0 Å². The highest BCUT2D eigenvalue weighted by Gasteiger charge is 2.24. The third kappa shape index (κ3) is 9.79. The third-order valence-corrected chi connectivity index (χ3v) is 10.0. The van der Waals surface area contributed by atoms with Gasteiger partial charge in [-0.05, 0) is 71.8 Å². The third-order valence-electron chi connectivity index (χ3n) is 8.04. The van der Waals surface area contributed by atoms with Crippen LogP contribution in [-0.2, 0) is 9.59 Å². The van der Waals surface area contributed by atoms with Crippen molar-refractivity contribution in [3.8, 4) is 17.0 Å². The molecule has 0 saturated carbocycles. The van der Waals surface area contributed by atoms with Crippen LogP contribution in [0, 0.1) is 0 Å². The van der Waals surface area contributed by atoms with Crippen molar-refractivity contribution in [1.29, 1.82) is 0 Å². The molecule has 5 aromatic carbocycles. The maximum Gasteiger partial charge on any atom is 0.272 e. The van der Waals surface area contributed by atoms with E-state index in [2.05, 4.69) is 20.9 Å². The summed E-state index contributed by atoms with van der Waals surface area (Å²) in [6, 6.07) is 40.7. The number of nitrogens with one attached hydrogen (secondary N) is 3. The number of benzene rings is 5. The first-order chi connectivity index (χ1) is 25.7. The van der Waals surface area contributed by atoms with Gasteiger partial charge >= 0.3 is 0 Å². The summed E-state index contributed by atoms with van der Waals surface area (Å²) in [4.78, 5) is 48.2. The summed E-state index contributed by atoms with van der Waals surface area (Å²) in [5.41, 5.74) is 5.17. The van der Waals surface area contributed by atoms with E-state index < -0.39 is 17.1 Å². The highest BCUT2D eigenvalue weighted by molar-refractivity contribution is 8.00. The van der Waals surface area contributed by atoms with Crippen molar-refractivity contribution in [2.45, 2.75) is 10.1 Å². The van der Waals surface area contributed by atoms with Gasteiger partial charge in [0, 0.05) is 46.9 Å². The molecule has 1 heterocycles. The van der Waals surface area contributed by atoms with Crippen molar-refractivity contribution in [3.63, 3.8) is 0 Å². The molecule has 0 fully saturated rings. The van der Waals surface area contributed by atoms with Crippen LogP contribution in [0.2, 0.25) is 0 Å². The number of carbonyl (C=O) groups excluding carboxylic acids is 3. The van der Waals surface area contributed by atoms with E-state index in [0.29, 0.717) is 16.4 Å². The van der Waals surface area contributed by atoms with Gasteiger partial charge in [0.05, 0.1) is 12.8 Å². The number of ether oxygens (including phenoxy) is 1. The SMILES string of the molecule is COc1cccc(-c2csc(NC(=O)C(Sc3cccc(NC(=O)/C(=C\c4ccc(N(C)C)cc4)NC(=O)c4ccccc4)c3)c3ccccc3)n2)c1. The summed E-state index contributed by atoms with van der Waals surface area (Å²) in [6.45, 7) is 0. The Labute approximate surface area is 316 Å². The molecule has 1 atom stereocenters. The number of methoxy groups -OCH3 is 1. The van der Waals surface area contributed by atoms with E-state index in [1.807, 2.05) is 121 Å². The number of carbonyl (C=O) groups is 3. The maximum absolute atomic E-state index is 13.9. The number of anilines is 3. The van der Waals surface area contributed by atoms with Gasteiger partial charge in [-0.2, -0.15) is 0 Å². The minimum absolute atomic E-state index is 0.0767. The Morgan fingerprint density at radius 1 is 0.811 bits per heavy atom. The fraction of sp³-hybridized carbons (Fsp3) is 0.0952. The Bertz CT molecular complexity index is 2220. The quantitative estimate of drug-likeness (QED) is 0.0802. The van der Waals surface area contributed by atoms with Gasteiger partial charge in [0.15, 0.2) is 5.13 Å². The fourth-order valence-corrected chi connectivity index (χ4v) is 7.08. The van der Waals surface area contributed by atoms with Crippen LogP contribution in [0.1, 0.15) is 26.7 Å². The topological polar surface area (TPSA) is 113 Å².